The van der Waals surface area contributed by atoms with Gasteiger partial charge in [0, 0.05) is 28.5 Å². The van der Waals surface area contributed by atoms with Gasteiger partial charge in [-0.05, 0) is 56.2 Å². The first-order valence-corrected chi connectivity index (χ1v) is 11.1. The van der Waals surface area contributed by atoms with Gasteiger partial charge in [0.2, 0.25) is 0 Å². The fraction of sp³-hybridized carbons (Fsp3) is 0.148. The fourth-order valence-corrected chi connectivity index (χ4v) is 3.77. The average molecular weight is 453 g/mol. The van der Waals surface area contributed by atoms with Crippen LogP contribution in [0.4, 0.5) is 16.2 Å². The van der Waals surface area contributed by atoms with Gasteiger partial charge < -0.3 is 20.4 Å². The van der Waals surface area contributed by atoms with E-state index in [0.717, 1.165) is 18.4 Å². The Morgan fingerprint density at radius 1 is 0.853 bits per heavy atom. The Morgan fingerprint density at radius 3 is 2.21 bits per heavy atom. The number of urea groups is 1. The Morgan fingerprint density at radius 2 is 1.53 bits per heavy atom. The molecule has 170 valence electrons. The van der Waals surface area contributed by atoms with Gasteiger partial charge in [0.15, 0.2) is 11.0 Å². The van der Waals surface area contributed by atoms with Crippen LogP contribution in [0.3, 0.4) is 0 Å². The Bertz CT molecular complexity index is 1440. The Balaban J connectivity index is 1.41. The van der Waals surface area contributed by atoms with Gasteiger partial charge in [-0.1, -0.05) is 36.4 Å². The van der Waals surface area contributed by atoms with Crippen LogP contribution in [0, 0.1) is 6.92 Å². The van der Waals surface area contributed by atoms with Crippen LogP contribution in [0.1, 0.15) is 28.8 Å². The quantitative estimate of drug-likeness (QED) is 0.381. The highest BCUT2D eigenvalue weighted by Gasteiger charge is 2.23. The Kier molecular flexibility index (Phi) is 5.59. The van der Waals surface area contributed by atoms with Crippen LogP contribution >= 0.6 is 0 Å². The first-order chi connectivity index (χ1) is 16.5. The van der Waals surface area contributed by atoms with Gasteiger partial charge in [0.25, 0.3) is 5.91 Å². The van der Waals surface area contributed by atoms with Crippen LogP contribution in [0.15, 0.2) is 82.0 Å². The van der Waals surface area contributed by atoms with E-state index in [1.165, 1.54) is 0 Å². The van der Waals surface area contributed by atoms with Crippen molar-refractivity contribution in [1.82, 2.24) is 5.32 Å². The number of benzene rings is 3. The molecule has 7 nitrogen and oxygen atoms in total. The van der Waals surface area contributed by atoms with Crippen LogP contribution in [-0.4, -0.2) is 18.0 Å². The predicted molar refractivity (Wildman–Crippen MR) is 132 cm³/mol. The number of hydrogen-bond acceptors (Lipinski definition) is 4. The Hall–Kier alpha value is -4.39. The van der Waals surface area contributed by atoms with Crippen molar-refractivity contribution >= 4 is 34.3 Å². The van der Waals surface area contributed by atoms with Gasteiger partial charge in [-0.2, -0.15) is 0 Å². The Labute approximate surface area is 195 Å². The molecule has 3 N–H and O–H groups in total. The number of rotatable bonds is 5. The molecule has 5 rings (SSSR count). The SMILES string of the molecule is Cc1c(-c2ccccc2)oc2c(C(=O)Nc3ccc(NC(=O)NC4CC4)cc3)cccc2c1=O. The summed E-state index contributed by atoms with van der Waals surface area (Å²) in [7, 11) is 0. The van der Waals surface area contributed by atoms with Crippen LogP contribution in [0.2, 0.25) is 0 Å². The normalized spacial score (nSPS) is 12.9. The lowest BCUT2D eigenvalue weighted by atomic mass is 10.0. The van der Waals surface area contributed by atoms with Crippen molar-refractivity contribution in [2.45, 2.75) is 25.8 Å². The number of anilines is 2. The number of para-hydroxylation sites is 1. The molecule has 0 aliphatic heterocycles. The maximum Gasteiger partial charge on any atom is 0.319 e. The van der Waals surface area contributed by atoms with E-state index in [1.807, 2.05) is 30.3 Å². The van der Waals surface area contributed by atoms with E-state index in [4.69, 9.17) is 4.42 Å². The average Bonchev–Trinajstić information content (AvgIpc) is 3.66. The van der Waals surface area contributed by atoms with Crippen LogP contribution in [0.5, 0.6) is 0 Å². The minimum absolute atomic E-state index is 0.172. The molecule has 0 bridgehead atoms. The van der Waals surface area contributed by atoms with E-state index in [9.17, 15) is 14.4 Å². The number of hydrogen-bond donors (Lipinski definition) is 3. The highest BCUT2D eigenvalue weighted by Crippen LogP contribution is 2.28. The lowest BCUT2D eigenvalue weighted by molar-refractivity contribution is 0.102. The molecule has 3 aromatic carbocycles. The molecule has 0 radical (unpaired) electrons. The molecule has 1 fully saturated rings. The van der Waals surface area contributed by atoms with E-state index in [1.54, 1.807) is 49.4 Å². The summed E-state index contributed by atoms with van der Waals surface area (Å²) >= 11 is 0. The molecule has 0 unspecified atom stereocenters. The van der Waals surface area contributed by atoms with Gasteiger partial charge in [0.1, 0.15) is 5.76 Å². The molecule has 3 amide bonds. The molecule has 0 spiro atoms. The molecule has 34 heavy (non-hydrogen) atoms. The number of amides is 3. The lowest BCUT2D eigenvalue weighted by Gasteiger charge is -2.11. The van der Waals surface area contributed by atoms with E-state index in [-0.39, 0.29) is 28.6 Å². The van der Waals surface area contributed by atoms with Gasteiger partial charge in [0.05, 0.1) is 10.9 Å². The highest BCUT2D eigenvalue weighted by molar-refractivity contribution is 6.11. The summed E-state index contributed by atoms with van der Waals surface area (Å²) in [5.41, 5.74) is 2.76. The summed E-state index contributed by atoms with van der Waals surface area (Å²) in [4.78, 5) is 38.0. The largest absolute Gasteiger partial charge is 0.455 e. The van der Waals surface area contributed by atoms with Crippen LogP contribution < -0.4 is 21.4 Å². The van der Waals surface area contributed by atoms with Crippen LogP contribution in [-0.2, 0) is 0 Å². The zero-order chi connectivity index (χ0) is 23.7. The van der Waals surface area contributed by atoms with E-state index in [2.05, 4.69) is 16.0 Å². The van der Waals surface area contributed by atoms with Crippen LogP contribution in [0.25, 0.3) is 22.3 Å². The first-order valence-electron chi connectivity index (χ1n) is 11.1. The standard InChI is InChI=1S/C27H23N3O4/c1-16-23(31)21-8-5-9-22(25(21)34-24(16)17-6-3-2-4-7-17)26(32)28-18-10-12-19(13-11-18)29-27(33)30-20-14-15-20/h2-13,20H,14-15H2,1H3,(H,28,32)(H2,29,30,33). The molecular weight excluding hydrogens is 430 g/mol. The second-order valence-corrected chi connectivity index (χ2v) is 8.34. The minimum atomic E-state index is -0.399. The zero-order valence-corrected chi connectivity index (χ0v) is 18.6. The van der Waals surface area contributed by atoms with E-state index >= 15 is 0 Å². The highest BCUT2D eigenvalue weighted by atomic mass is 16.3. The zero-order valence-electron chi connectivity index (χ0n) is 18.6. The molecule has 1 heterocycles. The second-order valence-electron chi connectivity index (χ2n) is 8.34. The van der Waals surface area contributed by atoms with Crippen molar-refractivity contribution in [3.05, 3.63) is 94.1 Å². The maximum atomic E-state index is 13.1. The predicted octanol–water partition coefficient (Wildman–Crippen LogP) is 5.30. The van der Waals surface area contributed by atoms with Crippen molar-refractivity contribution < 1.29 is 14.0 Å². The van der Waals surface area contributed by atoms with E-state index < -0.39 is 5.91 Å². The van der Waals surface area contributed by atoms with Gasteiger partial charge >= 0.3 is 6.03 Å². The lowest BCUT2D eigenvalue weighted by Crippen LogP contribution is -2.30. The number of carbonyl (C=O) groups excluding carboxylic acids is 2. The van der Waals surface area contributed by atoms with Crippen molar-refractivity contribution in [1.29, 1.82) is 0 Å². The summed E-state index contributed by atoms with van der Waals surface area (Å²) in [6.07, 6.45) is 2.03. The van der Waals surface area contributed by atoms with E-state index in [0.29, 0.717) is 28.1 Å². The smallest absolute Gasteiger partial charge is 0.319 e. The summed E-state index contributed by atoms with van der Waals surface area (Å²) < 4.78 is 6.13. The maximum absolute atomic E-state index is 13.1. The number of nitrogens with one attached hydrogen (secondary N) is 3. The molecule has 7 heteroatoms. The molecule has 1 aliphatic carbocycles. The third-order valence-corrected chi connectivity index (χ3v) is 5.74. The van der Waals surface area contributed by atoms with Gasteiger partial charge in [-0.3, -0.25) is 9.59 Å². The summed E-state index contributed by atoms with van der Waals surface area (Å²) in [6, 6.07) is 21.1. The van der Waals surface area contributed by atoms with Gasteiger partial charge in [-0.15, -0.1) is 0 Å². The third kappa shape index (κ3) is 4.41. The summed E-state index contributed by atoms with van der Waals surface area (Å²) in [6.45, 7) is 1.72. The molecule has 0 saturated heterocycles. The molecule has 1 saturated carbocycles. The molecular formula is C27H23N3O4. The summed E-state index contributed by atoms with van der Waals surface area (Å²) in [5, 5.41) is 8.82. The monoisotopic (exact) mass is 453 g/mol. The molecule has 1 aliphatic rings. The van der Waals surface area contributed by atoms with Gasteiger partial charge in [-0.25, -0.2) is 4.79 Å². The topological polar surface area (TPSA) is 100 Å². The molecule has 4 aromatic rings. The minimum Gasteiger partial charge on any atom is -0.455 e. The van der Waals surface area contributed by atoms with Crippen molar-refractivity contribution in [3.63, 3.8) is 0 Å². The third-order valence-electron chi connectivity index (χ3n) is 5.74. The first kappa shape index (κ1) is 21.5. The van der Waals surface area contributed by atoms with Crippen molar-refractivity contribution in [2.75, 3.05) is 10.6 Å². The number of carbonyl (C=O) groups is 2. The van der Waals surface area contributed by atoms with Crippen molar-refractivity contribution in [3.8, 4) is 11.3 Å². The van der Waals surface area contributed by atoms with Crippen molar-refractivity contribution in [2.24, 2.45) is 0 Å². The fourth-order valence-electron chi connectivity index (χ4n) is 3.77. The second kappa shape index (κ2) is 8.86. The summed E-state index contributed by atoms with van der Waals surface area (Å²) in [5.74, 6) is 0.0436. The molecule has 0 atom stereocenters. The number of fused-ring (bicyclic) bond motifs is 1. The molecule has 1 aromatic heterocycles.